The van der Waals surface area contributed by atoms with E-state index >= 15 is 0 Å². The Morgan fingerprint density at radius 1 is 1.03 bits per heavy atom. The van der Waals surface area contributed by atoms with Crippen LogP contribution in [-0.4, -0.2) is 38.6 Å². The van der Waals surface area contributed by atoms with Gasteiger partial charge in [0.1, 0.15) is 29.7 Å². The molecule has 0 spiro atoms. The van der Waals surface area contributed by atoms with Gasteiger partial charge < -0.3 is 24.1 Å². The number of nitrogens with zero attached hydrogens (tertiary/aromatic N) is 1. The zero-order chi connectivity index (χ0) is 21.5. The zero-order valence-electron chi connectivity index (χ0n) is 17.2. The van der Waals surface area contributed by atoms with Crippen LogP contribution in [0.25, 0.3) is 0 Å². The van der Waals surface area contributed by atoms with Crippen LogP contribution >= 0.6 is 0 Å². The minimum atomic E-state index is -0.329. The number of amides is 1. The third kappa shape index (κ3) is 5.61. The molecule has 0 bridgehead atoms. The lowest BCUT2D eigenvalue weighted by atomic mass is 10.1. The highest BCUT2D eigenvalue weighted by Gasteiger charge is 2.18. The second kappa shape index (κ2) is 9.93. The topological polar surface area (TPSA) is 63.9 Å². The second-order valence-corrected chi connectivity index (χ2v) is 6.97. The largest absolute Gasteiger partial charge is 0.497 e. The average molecular weight is 412 g/mol. The van der Waals surface area contributed by atoms with Crippen LogP contribution in [0.3, 0.4) is 0 Å². The first-order valence-corrected chi connectivity index (χ1v) is 9.52. The second-order valence-electron chi connectivity index (χ2n) is 6.97. The smallest absolute Gasteiger partial charge is 0.287 e. The number of ether oxygens (including phenoxy) is 2. The highest BCUT2D eigenvalue weighted by molar-refractivity contribution is 5.91. The Kier molecular flexibility index (Phi) is 7.08. The van der Waals surface area contributed by atoms with Crippen LogP contribution in [0.5, 0.6) is 11.5 Å². The number of carbonyl (C=O) groups is 1. The Bertz CT molecular complexity index is 952. The molecule has 0 aliphatic rings. The van der Waals surface area contributed by atoms with Gasteiger partial charge >= 0.3 is 0 Å². The summed E-state index contributed by atoms with van der Waals surface area (Å²) in [7, 11) is 5.54. The van der Waals surface area contributed by atoms with Crippen LogP contribution in [0.2, 0.25) is 0 Å². The molecule has 3 aromatic rings. The fourth-order valence-electron chi connectivity index (χ4n) is 2.96. The van der Waals surface area contributed by atoms with E-state index in [1.54, 1.807) is 19.2 Å². The molecule has 1 heterocycles. The summed E-state index contributed by atoms with van der Waals surface area (Å²) >= 11 is 0. The van der Waals surface area contributed by atoms with Gasteiger partial charge in [-0.3, -0.25) is 4.79 Å². The van der Waals surface area contributed by atoms with Crippen molar-refractivity contribution in [1.82, 2.24) is 10.2 Å². The molecule has 0 fully saturated rings. The van der Waals surface area contributed by atoms with Crippen LogP contribution in [0.15, 0.2) is 65.1 Å². The molecule has 1 atom stereocenters. The summed E-state index contributed by atoms with van der Waals surface area (Å²) in [6, 6.07) is 16.8. The maximum Gasteiger partial charge on any atom is 0.287 e. The van der Waals surface area contributed by atoms with E-state index in [0.717, 1.165) is 11.3 Å². The molecule has 0 radical (unpaired) electrons. The van der Waals surface area contributed by atoms with E-state index in [9.17, 15) is 9.18 Å². The first-order chi connectivity index (χ1) is 14.5. The van der Waals surface area contributed by atoms with E-state index < -0.39 is 0 Å². The molecule has 2 aromatic carbocycles. The predicted molar refractivity (Wildman–Crippen MR) is 111 cm³/mol. The summed E-state index contributed by atoms with van der Waals surface area (Å²) in [5.74, 6) is 1.38. The van der Waals surface area contributed by atoms with Crippen LogP contribution < -0.4 is 14.8 Å². The van der Waals surface area contributed by atoms with E-state index in [0.29, 0.717) is 18.1 Å². The summed E-state index contributed by atoms with van der Waals surface area (Å²) in [5.41, 5.74) is 1.06. The van der Waals surface area contributed by atoms with Crippen LogP contribution in [0, 0.1) is 5.82 Å². The third-order valence-electron chi connectivity index (χ3n) is 4.66. The van der Waals surface area contributed by atoms with E-state index in [-0.39, 0.29) is 30.1 Å². The molecule has 0 saturated heterocycles. The highest BCUT2D eigenvalue weighted by atomic mass is 19.1. The van der Waals surface area contributed by atoms with Crippen molar-refractivity contribution in [3.8, 4) is 11.5 Å². The van der Waals surface area contributed by atoms with Gasteiger partial charge in [0.05, 0.1) is 13.2 Å². The van der Waals surface area contributed by atoms with Crippen LogP contribution in [-0.2, 0) is 6.61 Å². The summed E-state index contributed by atoms with van der Waals surface area (Å²) in [6.07, 6.45) is 0. The molecule has 7 heteroatoms. The Labute approximate surface area is 175 Å². The van der Waals surface area contributed by atoms with Gasteiger partial charge in [-0.25, -0.2) is 4.39 Å². The maximum absolute atomic E-state index is 12.9. The number of furan rings is 1. The number of hydrogen-bond acceptors (Lipinski definition) is 5. The third-order valence-corrected chi connectivity index (χ3v) is 4.66. The van der Waals surface area contributed by atoms with Gasteiger partial charge in [-0.05, 0) is 68.2 Å². The standard InChI is InChI=1S/C23H25FN2O4/c1-26(2)21(16-4-8-18(28-3)9-5-16)14-25-23(27)22-13-12-20(30-22)15-29-19-10-6-17(24)7-11-19/h4-13,21H,14-15H2,1-3H3,(H,25,27). The number of benzene rings is 2. The molecule has 0 saturated carbocycles. The van der Waals surface area contributed by atoms with Gasteiger partial charge in [-0.2, -0.15) is 0 Å². The lowest BCUT2D eigenvalue weighted by Gasteiger charge is -2.25. The molecular formula is C23H25FN2O4. The van der Waals surface area contributed by atoms with Crippen molar-refractivity contribution in [1.29, 1.82) is 0 Å². The quantitative estimate of drug-likeness (QED) is 0.575. The molecule has 1 aromatic heterocycles. The SMILES string of the molecule is COc1ccc(C(CNC(=O)c2ccc(COc3ccc(F)cc3)o2)N(C)C)cc1. The molecule has 1 unspecified atom stereocenters. The molecule has 30 heavy (non-hydrogen) atoms. The summed E-state index contributed by atoms with van der Waals surface area (Å²) in [6.45, 7) is 0.561. The van der Waals surface area contributed by atoms with Crippen molar-refractivity contribution in [2.45, 2.75) is 12.6 Å². The van der Waals surface area contributed by atoms with Gasteiger partial charge in [0.15, 0.2) is 5.76 Å². The number of methoxy groups -OCH3 is 1. The lowest BCUT2D eigenvalue weighted by molar-refractivity contribution is 0.0910. The molecule has 1 N–H and O–H groups in total. The fraction of sp³-hybridized carbons (Fsp3) is 0.261. The molecule has 6 nitrogen and oxygen atoms in total. The Hall–Kier alpha value is -3.32. The van der Waals surface area contributed by atoms with E-state index in [1.807, 2.05) is 43.3 Å². The fourth-order valence-corrected chi connectivity index (χ4v) is 2.96. The first-order valence-electron chi connectivity index (χ1n) is 9.52. The molecule has 158 valence electrons. The van der Waals surface area contributed by atoms with Gasteiger partial charge in [-0.15, -0.1) is 0 Å². The Morgan fingerprint density at radius 3 is 2.33 bits per heavy atom. The highest BCUT2D eigenvalue weighted by Crippen LogP contribution is 2.21. The van der Waals surface area contributed by atoms with E-state index in [1.165, 1.54) is 24.3 Å². The minimum absolute atomic E-state index is 0.00361. The number of carbonyl (C=O) groups excluding carboxylic acids is 1. The van der Waals surface area contributed by atoms with Crippen molar-refractivity contribution in [3.63, 3.8) is 0 Å². The van der Waals surface area contributed by atoms with Crippen molar-refractivity contribution < 1.29 is 23.1 Å². The minimum Gasteiger partial charge on any atom is -0.497 e. The van der Waals surface area contributed by atoms with Crippen molar-refractivity contribution in [3.05, 3.63) is 83.6 Å². The monoisotopic (exact) mass is 412 g/mol. The lowest BCUT2D eigenvalue weighted by Crippen LogP contribution is -2.34. The van der Waals surface area contributed by atoms with Crippen molar-refractivity contribution >= 4 is 5.91 Å². The summed E-state index contributed by atoms with van der Waals surface area (Å²) < 4.78 is 29.3. The number of nitrogens with one attached hydrogen (secondary N) is 1. The number of halogens is 1. The van der Waals surface area contributed by atoms with Crippen molar-refractivity contribution in [2.75, 3.05) is 27.7 Å². The van der Waals surface area contributed by atoms with Gasteiger partial charge in [-0.1, -0.05) is 12.1 Å². The maximum atomic E-state index is 12.9. The molecule has 0 aliphatic heterocycles. The van der Waals surface area contributed by atoms with Gasteiger partial charge in [0.2, 0.25) is 0 Å². The van der Waals surface area contributed by atoms with E-state index in [4.69, 9.17) is 13.9 Å². The zero-order valence-corrected chi connectivity index (χ0v) is 17.2. The Morgan fingerprint density at radius 2 is 1.70 bits per heavy atom. The number of hydrogen-bond donors (Lipinski definition) is 1. The van der Waals surface area contributed by atoms with Gasteiger partial charge in [0, 0.05) is 6.54 Å². The molecule has 3 rings (SSSR count). The molecular weight excluding hydrogens is 387 g/mol. The summed E-state index contributed by atoms with van der Waals surface area (Å²) in [4.78, 5) is 14.5. The van der Waals surface area contributed by atoms with Crippen LogP contribution in [0.4, 0.5) is 4.39 Å². The summed E-state index contributed by atoms with van der Waals surface area (Å²) in [5, 5.41) is 2.91. The Balaban J connectivity index is 1.56. The van der Waals surface area contributed by atoms with Gasteiger partial charge in [0.25, 0.3) is 5.91 Å². The normalized spacial score (nSPS) is 11.9. The number of likely N-dealkylation sites (N-methyl/N-ethyl adjacent to an activating group) is 1. The first kappa shape index (κ1) is 21.4. The van der Waals surface area contributed by atoms with Crippen molar-refractivity contribution in [2.24, 2.45) is 0 Å². The molecule has 0 aliphatic carbocycles. The number of rotatable bonds is 9. The molecule has 1 amide bonds. The van der Waals surface area contributed by atoms with Crippen LogP contribution in [0.1, 0.15) is 27.9 Å². The average Bonchev–Trinajstić information content (AvgIpc) is 3.23. The van der Waals surface area contributed by atoms with E-state index in [2.05, 4.69) is 5.32 Å². The predicted octanol–water partition coefficient (Wildman–Crippen LogP) is 4.04.